The number of phenolic OH excluding ortho intramolecular Hbond substituents is 2. The number of rotatable bonds is 2. The molecule has 15 heavy (non-hydrogen) atoms. The molecule has 1 aromatic rings. The molecule has 0 fully saturated rings. The summed E-state index contributed by atoms with van der Waals surface area (Å²) in [6, 6.07) is 1.43. The lowest BCUT2D eigenvalue weighted by Crippen LogP contribution is -2.10. The molecular formula is C9H9F3O3. The van der Waals surface area contributed by atoms with Crippen LogP contribution in [0.15, 0.2) is 12.1 Å². The first-order valence-corrected chi connectivity index (χ1v) is 4.09. The van der Waals surface area contributed by atoms with Gasteiger partial charge in [-0.1, -0.05) is 0 Å². The number of phenols is 2. The first kappa shape index (κ1) is 11.6. The van der Waals surface area contributed by atoms with Crippen LogP contribution in [0.2, 0.25) is 0 Å². The molecule has 84 valence electrons. The Kier molecular flexibility index (Phi) is 3.09. The van der Waals surface area contributed by atoms with E-state index in [9.17, 15) is 18.3 Å². The third-order valence-electron chi connectivity index (χ3n) is 1.93. The van der Waals surface area contributed by atoms with Crippen LogP contribution in [0.25, 0.3) is 0 Å². The maximum absolute atomic E-state index is 12.4. The Labute approximate surface area is 83.4 Å². The smallest absolute Gasteiger partial charge is 0.416 e. The Morgan fingerprint density at radius 2 is 1.73 bits per heavy atom. The van der Waals surface area contributed by atoms with E-state index in [1.807, 2.05) is 0 Å². The number of aromatic hydroxyl groups is 2. The van der Waals surface area contributed by atoms with E-state index in [2.05, 4.69) is 0 Å². The maximum atomic E-state index is 12.4. The van der Waals surface area contributed by atoms with Crippen LogP contribution in [0.3, 0.4) is 0 Å². The van der Waals surface area contributed by atoms with Gasteiger partial charge in [-0.3, -0.25) is 0 Å². The predicted molar refractivity (Wildman–Crippen MR) is 45.6 cm³/mol. The number of hydrogen-bond donors (Lipinski definition) is 3. The molecule has 0 unspecified atom stereocenters. The predicted octanol–water partition coefficient (Wildman–Crippen LogP) is 1.65. The van der Waals surface area contributed by atoms with Gasteiger partial charge in [0.05, 0.1) is 5.56 Å². The molecular weight excluding hydrogens is 213 g/mol. The van der Waals surface area contributed by atoms with Crippen LogP contribution >= 0.6 is 0 Å². The van der Waals surface area contributed by atoms with Gasteiger partial charge in [0.1, 0.15) is 0 Å². The summed E-state index contributed by atoms with van der Waals surface area (Å²) in [5, 5.41) is 26.8. The Hall–Kier alpha value is -1.43. The molecule has 0 amide bonds. The van der Waals surface area contributed by atoms with Crippen LogP contribution < -0.4 is 0 Å². The van der Waals surface area contributed by atoms with E-state index >= 15 is 0 Å². The van der Waals surface area contributed by atoms with Crippen LogP contribution in [0.5, 0.6) is 11.5 Å². The van der Waals surface area contributed by atoms with Gasteiger partial charge < -0.3 is 15.3 Å². The van der Waals surface area contributed by atoms with Crippen LogP contribution in [-0.4, -0.2) is 21.9 Å². The fourth-order valence-electron chi connectivity index (χ4n) is 1.25. The molecule has 0 aliphatic carbocycles. The number of aliphatic hydroxyl groups is 1. The molecule has 0 aliphatic heterocycles. The van der Waals surface area contributed by atoms with Crippen molar-refractivity contribution in [3.63, 3.8) is 0 Å². The molecule has 0 saturated carbocycles. The van der Waals surface area contributed by atoms with Crippen molar-refractivity contribution in [2.75, 3.05) is 6.61 Å². The van der Waals surface area contributed by atoms with Crippen molar-refractivity contribution < 1.29 is 28.5 Å². The third kappa shape index (κ3) is 2.33. The summed E-state index contributed by atoms with van der Waals surface area (Å²) in [5.41, 5.74) is -1.54. The van der Waals surface area contributed by atoms with E-state index in [0.717, 1.165) is 6.07 Å². The highest BCUT2D eigenvalue weighted by atomic mass is 19.4. The average molecular weight is 222 g/mol. The molecule has 1 rings (SSSR count). The Bertz CT molecular complexity index is 360. The number of aliphatic hydroxyl groups excluding tert-OH is 1. The van der Waals surface area contributed by atoms with Gasteiger partial charge in [0, 0.05) is 12.2 Å². The van der Waals surface area contributed by atoms with Gasteiger partial charge >= 0.3 is 6.18 Å². The molecule has 0 aliphatic rings. The summed E-state index contributed by atoms with van der Waals surface area (Å²) in [6.07, 6.45) is -4.98. The zero-order valence-corrected chi connectivity index (χ0v) is 7.54. The molecule has 1 aromatic carbocycles. The van der Waals surface area contributed by atoms with E-state index in [0.29, 0.717) is 6.07 Å². The highest BCUT2D eigenvalue weighted by Gasteiger charge is 2.34. The molecule has 0 aromatic heterocycles. The van der Waals surface area contributed by atoms with Crippen molar-refractivity contribution in [1.82, 2.24) is 0 Å². The summed E-state index contributed by atoms with van der Waals surface area (Å²) < 4.78 is 37.2. The molecule has 0 heterocycles. The number of alkyl halides is 3. The van der Waals surface area contributed by atoms with E-state index in [-0.39, 0.29) is 6.42 Å². The first-order chi connectivity index (χ1) is 6.88. The van der Waals surface area contributed by atoms with Crippen molar-refractivity contribution in [3.05, 3.63) is 23.3 Å². The second-order valence-electron chi connectivity index (χ2n) is 2.93. The van der Waals surface area contributed by atoms with E-state index in [4.69, 9.17) is 10.2 Å². The monoisotopic (exact) mass is 222 g/mol. The SMILES string of the molecule is OCCc1c(C(F)(F)F)ccc(O)c1O. The average Bonchev–Trinajstić information content (AvgIpc) is 2.11. The summed E-state index contributed by atoms with van der Waals surface area (Å²) in [7, 11) is 0. The van der Waals surface area contributed by atoms with Crippen molar-refractivity contribution in [2.24, 2.45) is 0 Å². The first-order valence-electron chi connectivity index (χ1n) is 4.09. The molecule has 0 saturated heterocycles. The van der Waals surface area contributed by atoms with Crippen LogP contribution in [0.1, 0.15) is 11.1 Å². The highest BCUT2D eigenvalue weighted by molar-refractivity contribution is 5.50. The maximum Gasteiger partial charge on any atom is 0.416 e. The van der Waals surface area contributed by atoms with Gasteiger partial charge in [-0.25, -0.2) is 0 Å². The molecule has 0 radical (unpaired) electrons. The van der Waals surface area contributed by atoms with Crippen LogP contribution in [0.4, 0.5) is 13.2 Å². The highest BCUT2D eigenvalue weighted by Crippen LogP contribution is 2.39. The van der Waals surface area contributed by atoms with Gasteiger partial charge in [-0.15, -0.1) is 0 Å². The second-order valence-corrected chi connectivity index (χ2v) is 2.93. The largest absolute Gasteiger partial charge is 0.504 e. The lowest BCUT2D eigenvalue weighted by atomic mass is 10.0. The van der Waals surface area contributed by atoms with Gasteiger partial charge in [-0.2, -0.15) is 13.2 Å². The topological polar surface area (TPSA) is 60.7 Å². The summed E-state index contributed by atoms with van der Waals surface area (Å²) >= 11 is 0. The third-order valence-corrected chi connectivity index (χ3v) is 1.93. The van der Waals surface area contributed by atoms with Gasteiger partial charge in [0.2, 0.25) is 0 Å². The molecule has 0 atom stereocenters. The molecule has 6 heteroatoms. The summed E-state index contributed by atoms with van der Waals surface area (Å²) in [4.78, 5) is 0. The van der Waals surface area contributed by atoms with E-state index < -0.39 is 35.4 Å². The van der Waals surface area contributed by atoms with Gasteiger partial charge in [0.15, 0.2) is 11.5 Å². The lowest BCUT2D eigenvalue weighted by Gasteiger charge is -2.14. The van der Waals surface area contributed by atoms with E-state index in [1.54, 1.807) is 0 Å². The lowest BCUT2D eigenvalue weighted by molar-refractivity contribution is -0.138. The fourth-order valence-corrected chi connectivity index (χ4v) is 1.25. The van der Waals surface area contributed by atoms with Crippen molar-refractivity contribution >= 4 is 0 Å². The van der Waals surface area contributed by atoms with Crippen LogP contribution in [0, 0.1) is 0 Å². The van der Waals surface area contributed by atoms with Crippen molar-refractivity contribution in [2.45, 2.75) is 12.6 Å². The summed E-state index contributed by atoms with van der Waals surface area (Å²) in [5.74, 6) is -1.47. The summed E-state index contributed by atoms with van der Waals surface area (Å²) in [6.45, 7) is -0.542. The Balaban J connectivity index is 3.33. The Morgan fingerprint density at radius 3 is 2.20 bits per heavy atom. The number of benzene rings is 1. The standard InChI is InChI=1S/C9H9F3O3/c10-9(11,12)6-1-2-7(14)8(15)5(6)3-4-13/h1-2,13-15H,3-4H2. The van der Waals surface area contributed by atoms with Crippen molar-refractivity contribution in [3.8, 4) is 11.5 Å². The normalized spacial score (nSPS) is 11.7. The molecule has 3 nitrogen and oxygen atoms in total. The molecule has 0 spiro atoms. The second kappa shape index (κ2) is 3.98. The number of halogens is 3. The number of hydrogen-bond acceptors (Lipinski definition) is 3. The fraction of sp³-hybridized carbons (Fsp3) is 0.333. The van der Waals surface area contributed by atoms with Crippen molar-refractivity contribution in [1.29, 1.82) is 0 Å². The molecule has 0 bridgehead atoms. The minimum atomic E-state index is -4.62. The molecule has 3 N–H and O–H groups in total. The van der Waals surface area contributed by atoms with Gasteiger partial charge in [-0.05, 0) is 18.6 Å². The minimum absolute atomic E-state index is 0.366. The zero-order chi connectivity index (χ0) is 11.6. The quantitative estimate of drug-likeness (QED) is 0.667. The van der Waals surface area contributed by atoms with Crippen LogP contribution in [-0.2, 0) is 12.6 Å². The zero-order valence-electron chi connectivity index (χ0n) is 7.54. The van der Waals surface area contributed by atoms with Gasteiger partial charge in [0.25, 0.3) is 0 Å². The minimum Gasteiger partial charge on any atom is -0.504 e. The van der Waals surface area contributed by atoms with E-state index in [1.165, 1.54) is 0 Å². The Morgan fingerprint density at radius 1 is 1.13 bits per heavy atom.